The third kappa shape index (κ3) is 2.15. The monoisotopic (exact) mass is 227 g/mol. The van der Waals surface area contributed by atoms with Gasteiger partial charge in [0.15, 0.2) is 5.82 Å². The van der Waals surface area contributed by atoms with Crippen LogP contribution in [0.5, 0.6) is 0 Å². The van der Waals surface area contributed by atoms with Crippen molar-refractivity contribution < 1.29 is 4.79 Å². The lowest BCUT2D eigenvalue weighted by Gasteiger charge is -2.07. The number of nitrogens with two attached hydrogens (primary N) is 1. The van der Waals surface area contributed by atoms with E-state index in [0.717, 1.165) is 16.7 Å². The van der Waals surface area contributed by atoms with Crippen molar-refractivity contribution in [2.75, 3.05) is 0 Å². The van der Waals surface area contributed by atoms with E-state index in [1.165, 1.54) is 12.4 Å². The van der Waals surface area contributed by atoms with Crippen molar-refractivity contribution in [3.63, 3.8) is 0 Å². The van der Waals surface area contributed by atoms with Crippen LogP contribution in [0.25, 0.3) is 11.4 Å². The summed E-state index contributed by atoms with van der Waals surface area (Å²) in [6, 6.07) is 6.01. The van der Waals surface area contributed by atoms with E-state index in [1.54, 1.807) is 0 Å². The Kier molecular flexibility index (Phi) is 2.87. The number of benzene rings is 1. The van der Waals surface area contributed by atoms with Crippen molar-refractivity contribution in [3.05, 3.63) is 47.3 Å². The molecule has 0 unspecified atom stereocenters. The molecule has 1 aromatic heterocycles. The highest BCUT2D eigenvalue weighted by atomic mass is 16.1. The van der Waals surface area contributed by atoms with E-state index in [0.29, 0.717) is 11.4 Å². The molecular weight excluding hydrogens is 214 g/mol. The Morgan fingerprint density at radius 2 is 1.65 bits per heavy atom. The summed E-state index contributed by atoms with van der Waals surface area (Å²) < 4.78 is 0. The van der Waals surface area contributed by atoms with Gasteiger partial charge in [0, 0.05) is 18.0 Å². The van der Waals surface area contributed by atoms with Crippen molar-refractivity contribution >= 4 is 5.91 Å². The van der Waals surface area contributed by atoms with Crippen molar-refractivity contribution in [3.8, 4) is 11.4 Å². The van der Waals surface area contributed by atoms with E-state index >= 15 is 0 Å². The third-order valence-electron chi connectivity index (χ3n) is 2.64. The van der Waals surface area contributed by atoms with E-state index < -0.39 is 5.91 Å². The molecule has 0 spiro atoms. The minimum Gasteiger partial charge on any atom is -0.366 e. The molecule has 0 saturated heterocycles. The highest BCUT2D eigenvalue weighted by Gasteiger charge is 2.09. The van der Waals surface area contributed by atoms with Gasteiger partial charge in [-0.15, -0.1) is 0 Å². The van der Waals surface area contributed by atoms with Crippen LogP contribution in [0.3, 0.4) is 0 Å². The zero-order valence-electron chi connectivity index (χ0n) is 9.77. The summed E-state index contributed by atoms with van der Waals surface area (Å²) in [5, 5.41) is 0. The van der Waals surface area contributed by atoms with E-state index in [4.69, 9.17) is 5.73 Å². The average Bonchev–Trinajstić information content (AvgIpc) is 2.29. The summed E-state index contributed by atoms with van der Waals surface area (Å²) in [5.74, 6) is 0.101. The number of amides is 1. The highest BCUT2D eigenvalue weighted by molar-refractivity contribution is 5.92. The first-order chi connectivity index (χ1) is 8.09. The predicted molar refractivity (Wildman–Crippen MR) is 65.5 cm³/mol. The van der Waals surface area contributed by atoms with Crippen LogP contribution < -0.4 is 5.73 Å². The maximum atomic E-state index is 10.9. The minimum absolute atomic E-state index is 0.319. The van der Waals surface area contributed by atoms with Crippen LogP contribution in [-0.4, -0.2) is 15.9 Å². The molecule has 2 N–H and O–H groups in total. The second kappa shape index (κ2) is 4.33. The molecule has 0 atom stereocenters. The maximum absolute atomic E-state index is 10.9. The summed E-state index contributed by atoms with van der Waals surface area (Å²) >= 11 is 0. The second-order valence-corrected chi connectivity index (χ2v) is 3.93. The minimum atomic E-state index is -0.516. The van der Waals surface area contributed by atoms with E-state index in [1.807, 2.05) is 32.0 Å². The van der Waals surface area contributed by atoms with Gasteiger partial charge in [0.2, 0.25) is 0 Å². The van der Waals surface area contributed by atoms with Gasteiger partial charge in [-0.05, 0) is 25.0 Å². The largest absolute Gasteiger partial charge is 0.366 e. The number of nitrogens with zero attached hydrogens (tertiary/aromatic N) is 2. The molecule has 0 saturated carbocycles. The first-order valence-corrected chi connectivity index (χ1v) is 5.28. The van der Waals surface area contributed by atoms with Gasteiger partial charge in [0.25, 0.3) is 5.91 Å². The number of carbonyl (C=O) groups is 1. The van der Waals surface area contributed by atoms with Crippen molar-refractivity contribution in [2.45, 2.75) is 13.8 Å². The van der Waals surface area contributed by atoms with E-state index in [-0.39, 0.29) is 0 Å². The SMILES string of the molecule is Cc1cccc(C)c1-c1ncc(C(N)=O)cn1. The molecule has 17 heavy (non-hydrogen) atoms. The predicted octanol–water partition coefficient (Wildman–Crippen LogP) is 1.86. The normalized spacial score (nSPS) is 10.2. The van der Waals surface area contributed by atoms with Gasteiger partial charge in [-0.3, -0.25) is 4.79 Å². The number of primary amides is 1. The Balaban J connectivity index is 2.50. The zero-order chi connectivity index (χ0) is 12.4. The molecule has 0 bridgehead atoms. The lowest BCUT2D eigenvalue weighted by atomic mass is 10.0. The van der Waals surface area contributed by atoms with Crippen LogP contribution >= 0.6 is 0 Å². The van der Waals surface area contributed by atoms with Gasteiger partial charge >= 0.3 is 0 Å². The molecule has 86 valence electrons. The third-order valence-corrected chi connectivity index (χ3v) is 2.64. The highest BCUT2D eigenvalue weighted by Crippen LogP contribution is 2.23. The quantitative estimate of drug-likeness (QED) is 0.851. The Bertz CT molecular complexity index is 541. The molecule has 0 fully saturated rings. The Morgan fingerprint density at radius 1 is 1.12 bits per heavy atom. The summed E-state index contributed by atoms with van der Waals surface area (Å²) in [6.07, 6.45) is 2.91. The fraction of sp³-hybridized carbons (Fsp3) is 0.154. The molecule has 2 rings (SSSR count). The summed E-state index contributed by atoms with van der Waals surface area (Å²) in [5.41, 5.74) is 8.68. The van der Waals surface area contributed by atoms with Crippen LogP contribution in [0.15, 0.2) is 30.6 Å². The summed E-state index contributed by atoms with van der Waals surface area (Å²) in [4.78, 5) is 19.3. The fourth-order valence-corrected chi connectivity index (χ4v) is 1.75. The number of aryl methyl sites for hydroxylation is 2. The zero-order valence-corrected chi connectivity index (χ0v) is 9.77. The summed E-state index contributed by atoms with van der Waals surface area (Å²) in [6.45, 7) is 4.02. The second-order valence-electron chi connectivity index (χ2n) is 3.93. The van der Waals surface area contributed by atoms with Gasteiger partial charge in [-0.25, -0.2) is 9.97 Å². The van der Waals surface area contributed by atoms with Gasteiger partial charge in [-0.1, -0.05) is 18.2 Å². The number of carbonyl (C=O) groups excluding carboxylic acids is 1. The molecule has 0 radical (unpaired) electrons. The Labute approximate surface area is 99.5 Å². The molecular formula is C13H13N3O. The van der Waals surface area contributed by atoms with Gasteiger partial charge in [-0.2, -0.15) is 0 Å². The molecule has 0 aliphatic rings. The first-order valence-electron chi connectivity index (χ1n) is 5.28. The molecule has 0 aliphatic heterocycles. The molecule has 2 aromatic rings. The maximum Gasteiger partial charge on any atom is 0.251 e. The molecule has 4 heteroatoms. The van der Waals surface area contributed by atoms with Crippen LogP contribution in [-0.2, 0) is 0 Å². The lowest BCUT2D eigenvalue weighted by molar-refractivity contribution is 0.0999. The first kappa shape index (κ1) is 11.3. The van der Waals surface area contributed by atoms with Gasteiger partial charge < -0.3 is 5.73 Å². The van der Waals surface area contributed by atoms with Crippen LogP contribution in [0, 0.1) is 13.8 Å². The number of hydrogen-bond donors (Lipinski definition) is 1. The van der Waals surface area contributed by atoms with Crippen molar-refractivity contribution in [1.29, 1.82) is 0 Å². The molecule has 4 nitrogen and oxygen atoms in total. The standard InChI is InChI=1S/C13H13N3O/c1-8-4-3-5-9(2)11(8)13-15-6-10(7-16-13)12(14)17/h3-7H,1-2H3,(H2,14,17). The molecule has 1 amide bonds. The topological polar surface area (TPSA) is 68.9 Å². The lowest BCUT2D eigenvalue weighted by Crippen LogP contribution is -2.12. The van der Waals surface area contributed by atoms with E-state index in [9.17, 15) is 4.79 Å². The van der Waals surface area contributed by atoms with Crippen molar-refractivity contribution in [1.82, 2.24) is 9.97 Å². The van der Waals surface area contributed by atoms with Crippen LogP contribution in [0.1, 0.15) is 21.5 Å². The Morgan fingerprint density at radius 3 is 2.12 bits per heavy atom. The van der Waals surface area contributed by atoms with Gasteiger partial charge in [0.05, 0.1) is 5.56 Å². The number of aromatic nitrogens is 2. The molecule has 1 heterocycles. The van der Waals surface area contributed by atoms with Gasteiger partial charge in [0.1, 0.15) is 0 Å². The van der Waals surface area contributed by atoms with E-state index in [2.05, 4.69) is 9.97 Å². The fourth-order valence-electron chi connectivity index (χ4n) is 1.75. The molecule has 1 aromatic carbocycles. The van der Waals surface area contributed by atoms with Crippen LogP contribution in [0.4, 0.5) is 0 Å². The van der Waals surface area contributed by atoms with Crippen molar-refractivity contribution in [2.24, 2.45) is 5.73 Å². The molecule has 0 aliphatic carbocycles. The number of rotatable bonds is 2. The average molecular weight is 227 g/mol. The number of hydrogen-bond acceptors (Lipinski definition) is 3. The Hall–Kier alpha value is -2.23. The smallest absolute Gasteiger partial charge is 0.251 e. The van der Waals surface area contributed by atoms with Crippen LogP contribution in [0.2, 0.25) is 0 Å². The summed E-state index contributed by atoms with van der Waals surface area (Å²) in [7, 11) is 0.